The molecule has 0 aromatic rings. The molecule has 0 rings (SSSR count). The zero-order valence-electron chi connectivity index (χ0n) is 11.0. The first-order valence-electron chi connectivity index (χ1n) is 5.94. The summed E-state index contributed by atoms with van der Waals surface area (Å²) < 4.78 is 0. The lowest BCUT2D eigenvalue weighted by Gasteiger charge is -2.17. The molecule has 0 aliphatic carbocycles. The SMILES string of the molecule is CC(=O)CC[C@@H](NC(=O)[C@H](O)CC(C)C)C(=O)O. The minimum Gasteiger partial charge on any atom is -0.480 e. The molecule has 3 N–H and O–H groups in total. The molecule has 0 saturated carbocycles. The van der Waals surface area contributed by atoms with E-state index in [1.807, 2.05) is 13.8 Å². The fourth-order valence-corrected chi connectivity index (χ4v) is 1.43. The lowest BCUT2D eigenvalue weighted by molar-refractivity contribution is -0.143. The fraction of sp³-hybridized carbons (Fsp3) is 0.750. The van der Waals surface area contributed by atoms with Crippen LogP contribution in [0.1, 0.15) is 40.0 Å². The highest BCUT2D eigenvalue weighted by molar-refractivity contribution is 5.86. The van der Waals surface area contributed by atoms with Gasteiger partial charge in [0.05, 0.1) is 0 Å². The van der Waals surface area contributed by atoms with Crippen molar-refractivity contribution in [2.24, 2.45) is 5.92 Å². The van der Waals surface area contributed by atoms with Crippen LogP contribution in [0.5, 0.6) is 0 Å². The van der Waals surface area contributed by atoms with Crippen LogP contribution in [0, 0.1) is 5.92 Å². The Labute approximate surface area is 106 Å². The van der Waals surface area contributed by atoms with Crippen molar-refractivity contribution in [1.82, 2.24) is 5.32 Å². The molecule has 0 spiro atoms. The number of carboxylic acids is 1. The number of rotatable bonds is 8. The fourth-order valence-electron chi connectivity index (χ4n) is 1.43. The van der Waals surface area contributed by atoms with Gasteiger partial charge in [-0.3, -0.25) is 4.79 Å². The molecule has 2 atom stereocenters. The molecule has 0 unspecified atom stereocenters. The first kappa shape index (κ1) is 16.6. The van der Waals surface area contributed by atoms with Gasteiger partial charge in [-0.25, -0.2) is 4.79 Å². The van der Waals surface area contributed by atoms with E-state index in [1.165, 1.54) is 6.92 Å². The first-order valence-corrected chi connectivity index (χ1v) is 5.94. The third kappa shape index (κ3) is 7.01. The number of carboxylic acid groups (broad SMARTS) is 1. The molecule has 0 heterocycles. The molecule has 104 valence electrons. The minimum atomic E-state index is -1.22. The standard InChI is InChI=1S/C12H21NO5/c1-7(2)6-10(15)11(16)13-9(12(17)18)5-4-8(3)14/h7,9-10,15H,4-6H2,1-3H3,(H,13,16)(H,17,18)/t9-,10-/m1/s1. The second kappa shape index (κ2) is 7.81. The molecule has 0 aromatic carbocycles. The Bertz CT molecular complexity index is 314. The van der Waals surface area contributed by atoms with E-state index in [0.717, 1.165) is 0 Å². The molecule has 0 radical (unpaired) electrons. The molecule has 0 aromatic heterocycles. The van der Waals surface area contributed by atoms with Gasteiger partial charge < -0.3 is 20.3 Å². The minimum absolute atomic E-state index is 0.0325. The number of hydrogen-bond acceptors (Lipinski definition) is 4. The van der Waals surface area contributed by atoms with Gasteiger partial charge >= 0.3 is 5.97 Å². The lowest BCUT2D eigenvalue weighted by Crippen LogP contribution is -2.46. The van der Waals surface area contributed by atoms with Gasteiger partial charge in [0, 0.05) is 6.42 Å². The number of nitrogens with one attached hydrogen (secondary N) is 1. The van der Waals surface area contributed by atoms with Crippen LogP contribution in [0.3, 0.4) is 0 Å². The van der Waals surface area contributed by atoms with E-state index in [2.05, 4.69) is 5.32 Å². The van der Waals surface area contributed by atoms with Crippen molar-refractivity contribution in [1.29, 1.82) is 0 Å². The summed E-state index contributed by atoms with van der Waals surface area (Å²) in [5, 5.41) is 20.7. The summed E-state index contributed by atoms with van der Waals surface area (Å²) in [6.07, 6.45) is -0.836. The molecule has 0 bridgehead atoms. The van der Waals surface area contributed by atoms with Crippen molar-refractivity contribution in [3.63, 3.8) is 0 Å². The van der Waals surface area contributed by atoms with Gasteiger partial charge in [-0.2, -0.15) is 0 Å². The molecule has 0 fully saturated rings. The number of aliphatic hydroxyl groups excluding tert-OH is 1. The Morgan fingerprint density at radius 1 is 1.22 bits per heavy atom. The predicted octanol–water partition coefficient (Wildman–Crippen LogP) is 0.332. The van der Waals surface area contributed by atoms with Crippen molar-refractivity contribution in [2.45, 2.75) is 52.2 Å². The number of aliphatic carboxylic acids is 1. The molecule has 6 nitrogen and oxygen atoms in total. The lowest BCUT2D eigenvalue weighted by atomic mass is 10.0. The normalized spacial score (nSPS) is 14.1. The van der Waals surface area contributed by atoms with Gasteiger partial charge in [0.1, 0.15) is 17.9 Å². The van der Waals surface area contributed by atoms with Crippen LogP contribution >= 0.6 is 0 Å². The third-order valence-corrected chi connectivity index (χ3v) is 2.40. The van der Waals surface area contributed by atoms with Gasteiger partial charge in [0.25, 0.3) is 0 Å². The second-order valence-electron chi connectivity index (χ2n) is 4.79. The molecule has 0 aliphatic heterocycles. The van der Waals surface area contributed by atoms with Gasteiger partial charge in [-0.1, -0.05) is 13.8 Å². The average Bonchev–Trinajstić information content (AvgIpc) is 2.21. The Balaban J connectivity index is 4.35. The van der Waals surface area contributed by atoms with E-state index in [1.54, 1.807) is 0 Å². The summed E-state index contributed by atoms with van der Waals surface area (Å²) in [6.45, 7) is 5.05. The summed E-state index contributed by atoms with van der Waals surface area (Å²) in [4.78, 5) is 33.2. The molecule has 1 amide bonds. The van der Waals surface area contributed by atoms with Crippen molar-refractivity contribution in [3.8, 4) is 0 Å². The van der Waals surface area contributed by atoms with E-state index in [0.29, 0.717) is 0 Å². The quantitative estimate of drug-likeness (QED) is 0.583. The van der Waals surface area contributed by atoms with Gasteiger partial charge in [0.2, 0.25) is 5.91 Å². The summed E-state index contributed by atoms with van der Waals surface area (Å²) in [5.41, 5.74) is 0. The van der Waals surface area contributed by atoms with Crippen molar-refractivity contribution in [2.75, 3.05) is 0 Å². The third-order valence-electron chi connectivity index (χ3n) is 2.40. The van der Waals surface area contributed by atoms with E-state index in [9.17, 15) is 19.5 Å². The van der Waals surface area contributed by atoms with E-state index in [4.69, 9.17) is 5.11 Å². The van der Waals surface area contributed by atoms with Crippen LogP contribution in [0.25, 0.3) is 0 Å². The van der Waals surface area contributed by atoms with Crippen LogP contribution in [0.4, 0.5) is 0 Å². The number of hydrogen-bond donors (Lipinski definition) is 3. The van der Waals surface area contributed by atoms with Crippen LogP contribution in [0.2, 0.25) is 0 Å². The number of Topliss-reactive ketones (excluding diaryl/α,β-unsaturated/α-hetero) is 1. The topological polar surface area (TPSA) is 104 Å². The number of carbonyl (C=O) groups is 3. The molecule has 0 saturated heterocycles. The molecule has 18 heavy (non-hydrogen) atoms. The zero-order valence-corrected chi connectivity index (χ0v) is 11.0. The second-order valence-corrected chi connectivity index (χ2v) is 4.79. The van der Waals surface area contributed by atoms with Gasteiger partial charge in [0.15, 0.2) is 0 Å². The van der Waals surface area contributed by atoms with E-state index in [-0.39, 0.29) is 31.0 Å². The number of aliphatic hydroxyl groups is 1. The number of amides is 1. The summed E-state index contributed by atoms with van der Waals surface area (Å²) in [7, 11) is 0. The van der Waals surface area contributed by atoms with Crippen LogP contribution in [-0.4, -0.2) is 40.0 Å². The van der Waals surface area contributed by atoms with E-state index < -0.39 is 24.0 Å². The van der Waals surface area contributed by atoms with Gasteiger partial charge in [-0.15, -0.1) is 0 Å². The Morgan fingerprint density at radius 2 is 1.78 bits per heavy atom. The van der Waals surface area contributed by atoms with Crippen LogP contribution in [0.15, 0.2) is 0 Å². The van der Waals surface area contributed by atoms with E-state index >= 15 is 0 Å². The maximum Gasteiger partial charge on any atom is 0.326 e. The van der Waals surface area contributed by atoms with Crippen molar-refractivity contribution < 1.29 is 24.6 Å². The maximum absolute atomic E-state index is 11.5. The highest BCUT2D eigenvalue weighted by Gasteiger charge is 2.24. The Hall–Kier alpha value is -1.43. The number of ketones is 1. The highest BCUT2D eigenvalue weighted by Crippen LogP contribution is 2.06. The van der Waals surface area contributed by atoms with Crippen LogP contribution < -0.4 is 5.32 Å². The molecule has 6 heteroatoms. The monoisotopic (exact) mass is 259 g/mol. The van der Waals surface area contributed by atoms with Crippen molar-refractivity contribution in [3.05, 3.63) is 0 Å². The van der Waals surface area contributed by atoms with Crippen LogP contribution in [-0.2, 0) is 14.4 Å². The Kier molecular flexibility index (Phi) is 7.19. The van der Waals surface area contributed by atoms with Gasteiger partial charge in [-0.05, 0) is 25.7 Å². The smallest absolute Gasteiger partial charge is 0.326 e. The first-order chi connectivity index (χ1) is 8.23. The number of carbonyl (C=O) groups excluding carboxylic acids is 2. The molecule has 0 aliphatic rings. The zero-order chi connectivity index (χ0) is 14.3. The molecular formula is C12H21NO5. The summed E-state index contributed by atoms with van der Waals surface area (Å²) in [6, 6.07) is -1.14. The summed E-state index contributed by atoms with van der Waals surface area (Å²) >= 11 is 0. The largest absolute Gasteiger partial charge is 0.480 e. The predicted molar refractivity (Wildman–Crippen MR) is 64.9 cm³/mol. The Morgan fingerprint density at radius 3 is 2.17 bits per heavy atom. The van der Waals surface area contributed by atoms with Crippen molar-refractivity contribution >= 4 is 17.7 Å². The summed E-state index contributed by atoms with van der Waals surface area (Å²) in [5.74, 6) is -1.93. The molecular weight excluding hydrogens is 238 g/mol. The average molecular weight is 259 g/mol. The highest BCUT2D eigenvalue weighted by atomic mass is 16.4. The maximum atomic E-state index is 11.5.